The van der Waals surface area contributed by atoms with Gasteiger partial charge in [0.25, 0.3) is 5.89 Å². The lowest BCUT2D eigenvalue weighted by molar-refractivity contribution is 0.0438. The maximum atomic E-state index is 12.6. The fourth-order valence-electron chi connectivity index (χ4n) is 2.43. The van der Waals surface area contributed by atoms with E-state index in [0.29, 0.717) is 17.1 Å². The van der Waals surface area contributed by atoms with Gasteiger partial charge in [-0.3, -0.25) is 0 Å². The molecule has 0 bridgehead atoms. The maximum Gasteiger partial charge on any atom is 0.342 e. The number of aromatic nitrogens is 4. The first-order chi connectivity index (χ1) is 12.7. The zero-order chi connectivity index (χ0) is 17.9. The van der Waals surface area contributed by atoms with E-state index >= 15 is 0 Å². The van der Waals surface area contributed by atoms with Crippen molar-refractivity contribution in [2.45, 2.75) is 13.5 Å². The molecule has 0 atom stereocenters. The van der Waals surface area contributed by atoms with Gasteiger partial charge in [0.05, 0.1) is 10.6 Å². The van der Waals surface area contributed by atoms with Gasteiger partial charge >= 0.3 is 5.97 Å². The van der Waals surface area contributed by atoms with E-state index in [9.17, 15) is 4.79 Å². The minimum absolute atomic E-state index is 0.0833. The molecule has 26 heavy (non-hydrogen) atoms. The van der Waals surface area contributed by atoms with E-state index in [-0.39, 0.29) is 12.5 Å². The first kappa shape index (κ1) is 16.2. The van der Waals surface area contributed by atoms with Crippen molar-refractivity contribution in [3.8, 4) is 16.3 Å². The highest BCUT2D eigenvalue weighted by Gasteiger charge is 2.21. The molecule has 0 fully saturated rings. The summed E-state index contributed by atoms with van der Waals surface area (Å²) in [5, 5.41) is 14.1. The normalized spacial score (nSPS) is 10.8. The summed E-state index contributed by atoms with van der Waals surface area (Å²) in [6.07, 6.45) is 1.67. The fraction of sp³-hybridized carbons (Fsp3) is 0.111. The number of nitrogens with zero attached hydrogens (tertiary/aromatic N) is 4. The van der Waals surface area contributed by atoms with Crippen molar-refractivity contribution in [1.82, 2.24) is 20.0 Å². The highest BCUT2D eigenvalue weighted by Crippen LogP contribution is 2.28. The molecule has 0 N–H and O–H groups in total. The van der Waals surface area contributed by atoms with E-state index in [1.807, 2.05) is 47.8 Å². The quantitative estimate of drug-likeness (QED) is 0.501. The van der Waals surface area contributed by atoms with E-state index in [1.54, 1.807) is 17.8 Å². The first-order valence-corrected chi connectivity index (χ1v) is 8.74. The molecule has 1 aromatic carbocycles. The third kappa shape index (κ3) is 3.27. The molecule has 3 heterocycles. The van der Waals surface area contributed by atoms with E-state index in [0.717, 1.165) is 10.6 Å². The maximum absolute atomic E-state index is 12.6. The van der Waals surface area contributed by atoms with Gasteiger partial charge in [0.15, 0.2) is 6.61 Å². The second-order valence-electron chi connectivity index (χ2n) is 5.44. The van der Waals surface area contributed by atoms with Crippen LogP contribution in [0.3, 0.4) is 0 Å². The van der Waals surface area contributed by atoms with E-state index < -0.39 is 5.97 Å². The molecule has 0 amide bonds. The zero-order valence-electron chi connectivity index (χ0n) is 13.8. The number of aryl methyl sites for hydroxylation is 1. The fourth-order valence-corrected chi connectivity index (χ4v) is 3.16. The Hall–Kier alpha value is -3.26. The molecule has 0 unspecified atom stereocenters. The minimum atomic E-state index is -0.494. The van der Waals surface area contributed by atoms with Crippen LogP contribution >= 0.6 is 11.3 Å². The predicted molar refractivity (Wildman–Crippen MR) is 95.0 cm³/mol. The Morgan fingerprint density at radius 1 is 1.19 bits per heavy atom. The van der Waals surface area contributed by atoms with Crippen LogP contribution in [0.15, 0.2) is 58.5 Å². The molecule has 0 spiro atoms. The summed E-state index contributed by atoms with van der Waals surface area (Å²) in [6, 6.07) is 13.4. The van der Waals surface area contributed by atoms with Crippen LogP contribution in [-0.4, -0.2) is 25.9 Å². The van der Waals surface area contributed by atoms with Gasteiger partial charge in [-0.2, -0.15) is 5.10 Å². The highest BCUT2D eigenvalue weighted by atomic mass is 32.1. The Labute approximate surface area is 152 Å². The molecule has 0 aliphatic heterocycles. The number of carbonyl (C=O) groups excluding carboxylic acids is 1. The second kappa shape index (κ2) is 6.93. The average molecular weight is 366 g/mol. The van der Waals surface area contributed by atoms with Crippen LogP contribution in [0, 0.1) is 6.92 Å². The largest absolute Gasteiger partial charge is 0.452 e. The summed E-state index contributed by atoms with van der Waals surface area (Å²) in [7, 11) is 0. The Kier molecular flexibility index (Phi) is 4.32. The van der Waals surface area contributed by atoms with Crippen molar-refractivity contribution in [3.05, 3.63) is 71.4 Å². The standard InChI is InChI=1S/C18H14N4O3S/c1-12-19-20-16(25-12)11-24-18(23)14-10-22(13-6-3-2-4-7-13)21-17(14)15-8-5-9-26-15/h2-10H,11H2,1H3. The van der Waals surface area contributed by atoms with Crippen LogP contribution in [0.2, 0.25) is 0 Å². The Balaban J connectivity index is 1.65. The van der Waals surface area contributed by atoms with Crippen molar-refractivity contribution in [2.75, 3.05) is 0 Å². The number of thiophene rings is 1. The Morgan fingerprint density at radius 3 is 2.73 bits per heavy atom. The third-order valence-corrected chi connectivity index (χ3v) is 4.48. The molecule has 0 radical (unpaired) electrons. The topological polar surface area (TPSA) is 83.0 Å². The SMILES string of the molecule is Cc1nnc(COC(=O)c2cn(-c3ccccc3)nc2-c2cccs2)o1. The van der Waals surface area contributed by atoms with Crippen molar-refractivity contribution in [3.63, 3.8) is 0 Å². The van der Waals surface area contributed by atoms with Crippen LogP contribution in [0.5, 0.6) is 0 Å². The zero-order valence-corrected chi connectivity index (χ0v) is 14.6. The Bertz CT molecular complexity index is 1020. The summed E-state index contributed by atoms with van der Waals surface area (Å²) < 4.78 is 12.2. The molecule has 7 nitrogen and oxygen atoms in total. The second-order valence-corrected chi connectivity index (χ2v) is 6.39. The molecule has 0 saturated heterocycles. The van der Waals surface area contributed by atoms with Crippen molar-refractivity contribution in [1.29, 1.82) is 0 Å². The van der Waals surface area contributed by atoms with Gasteiger partial charge in [-0.25, -0.2) is 9.48 Å². The van der Waals surface area contributed by atoms with Gasteiger partial charge in [0, 0.05) is 13.1 Å². The summed E-state index contributed by atoms with van der Waals surface area (Å²) in [4.78, 5) is 13.5. The van der Waals surface area contributed by atoms with Crippen LogP contribution in [0.25, 0.3) is 16.3 Å². The van der Waals surface area contributed by atoms with Gasteiger partial charge in [-0.15, -0.1) is 21.5 Å². The van der Waals surface area contributed by atoms with Crippen molar-refractivity contribution in [2.24, 2.45) is 0 Å². The monoisotopic (exact) mass is 366 g/mol. The molecule has 0 aliphatic rings. The molecule has 0 aliphatic carbocycles. The van der Waals surface area contributed by atoms with Gasteiger partial charge in [0.1, 0.15) is 11.3 Å². The van der Waals surface area contributed by atoms with E-state index in [2.05, 4.69) is 15.3 Å². The summed E-state index contributed by atoms with van der Waals surface area (Å²) in [6.45, 7) is 1.59. The molecule has 0 saturated carbocycles. The molecule has 4 aromatic rings. The van der Waals surface area contributed by atoms with Crippen LogP contribution in [0.4, 0.5) is 0 Å². The number of rotatable bonds is 5. The van der Waals surface area contributed by atoms with Crippen LogP contribution in [-0.2, 0) is 11.3 Å². The smallest absolute Gasteiger partial charge is 0.342 e. The van der Waals surface area contributed by atoms with Crippen LogP contribution < -0.4 is 0 Å². The Morgan fingerprint density at radius 2 is 2.04 bits per heavy atom. The lowest BCUT2D eigenvalue weighted by Gasteiger charge is -2.01. The molecule has 4 rings (SSSR count). The number of hydrogen-bond acceptors (Lipinski definition) is 7. The van der Waals surface area contributed by atoms with Crippen LogP contribution in [0.1, 0.15) is 22.1 Å². The lowest BCUT2D eigenvalue weighted by atomic mass is 10.2. The van der Waals surface area contributed by atoms with E-state index in [4.69, 9.17) is 9.15 Å². The number of para-hydroxylation sites is 1. The third-order valence-electron chi connectivity index (χ3n) is 3.60. The number of hydrogen-bond donors (Lipinski definition) is 0. The van der Waals surface area contributed by atoms with Gasteiger partial charge < -0.3 is 9.15 Å². The molecular weight excluding hydrogens is 352 g/mol. The van der Waals surface area contributed by atoms with Gasteiger partial charge in [-0.05, 0) is 23.6 Å². The predicted octanol–water partition coefficient (Wildman–Crippen LogP) is 3.65. The molecule has 130 valence electrons. The van der Waals surface area contributed by atoms with Crippen molar-refractivity contribution >= 4 is 17.3 Å². The average Bonchev–Trinajstić information content (AvgIpc) is 3.40. The minimum Gasteiger partial charge on any atom is -0.452 e. The molecule has 8 heteroatoms. The molecular formula is C18H14N4O3S. The van der Waals surface area contributed by atoms with E-state index in [1.165, 1.54) is 11.3 Å². The number of ether oxygens (including phenoxy) is 1. The molecule has 3 aromatic heterocycles. The van der Waals surface area contributed by atoms with Gasteiger partial charge in [0.2, 0.25) is 5.89 Å². The van der Waals surface area contributed by atoms with Gasteiger partial charge in [-0.1, -0.05) is 24.3 Å². The summed E-state index contributed by atoms with van der Waals surface area (Å²) in [5.41, 5.74) is 1.82. The first-order valence-electron chi connectivity index (χ1n) is 7.86. The summed E-state index contributed by atoms with van der Waals surface area (Å²) >= 11 is 1.51. The van der Waals surface area contributed by atoms with Crippen molar-refractivity contribution < 1.29 is 13.9 Å². The number of benzene rings is 1. The number of esters is 1. The summed E-state index contributed by atoms with van der Waals surface area (Å²) in [5.74, 6) is 0.183. The number of carbonyl (C=O) groups is 1. The lowest BCUT2D eigenvalue weighted by Crippen LogP contribution is -2.06. The highest BCUT2D eigenvalue weighted by molar-refractivity contribution is 7.13.